The number of amides is 1. The molecule has 0 aliphatic carbocycles. The van der Waals surface area contributed by atoms with Crippen LogP contribution in [0.15, 0.2) is 36.7 Å². The number of anilines is 1. The summed E-state index contributed by atoms with van der Waals surface area (Å²) in [4.78, 5) is 30.1. The first kappa shape index (κ1) is 13.4. The maximum Gasteiger partial charge on any atom is 0.326 e. The highest BCUT2D eigenvalue weighted by molar-refractivity contribution is 5.88. The van der Waals surface area contributed by atoms with Crippen LogP contribution in [0.3, 0.4) is 0 Å². The van der Waals surface area contributed by atoms with Crippen LogP contribution in [0.2, 0.25) is 0 Å². The summed E-state index contributed by atoms with van der Waals surface area (Å²) in [6, 6.07) is 6.78. The van der Waals surface area contributed by atoms with Gasteiger partial charge in [-0.25, -0.2) is 9.80 Å². The summed E-state index contributed by atoms with van der Waals surface area (Å²) in [5.74, 6) is -1.37. The van der Waals surface area contributed by atoms with E-state index < -0.39 is 12.0 Å². The summed E-state index contributed by atoms with van der Waals surface area (Å²) < 4.78 is 0. The van der Waals surface area contributed by atoms with E-state index in [0.29, 0.717) is 6.54 Å². The average Bonchev–Trinajstić information content (AvgIpc) is 3.14. The zero-order valence-corrected chi connectivity index (χ0v) is 11.2. The van der Waals surface area contributed by atoms with Crippen molar-refractivity contribution in [3.05, 3.63) is 42.3 Å². The smallest absolute Gasteiger partial charge is 0.326 e. The van der Waals surface area contributed by atoms with Gasteiger partial charge in [-0.1, -0.05) is 23.8 Å². The first-order valence-corrected chi connectivity index (χ1v) is 6.64. The Hall–Kier alpha value is -2.54. The van der Waals surface area contributed by atoms with Crippen LogP contribution in [0.1, 0.15) is 12.0 Å². The maximum absolute atomic E-state index is 12.1. The van der Waals surface area contributed by atoms with E-state index in [0.717, 1.165) is 22.7 Å². The highest BCUT2D eigenvalue weighted by atomic mass is 16.7. The highest BCUT2D eigenvalue weighted by Gasteiger charge is 2.34. The van der Waals surface area contributed by atoms with Gasteiger partial charge in [-0.2, -0.15) is 0 Å². The lowest BCUT2D eigenvalue weighted by Gasteiger charge is -2.27. The SMILES string of the molecule is O=C(O)C(CC(=O)N1C=CON1)N1CCc2ccccc21. The van der Waals surface area contributed by atoms with Gasteiger partial charge in [-0.3, -0.25) is 4.79 Å². The topological polar surface area (TPSA) is 82.1 Å². The zero-order chi connectivity index (χ0) is 14.8. The van der Waals surface area contributed by atoms with Crippen molar-refractivity contribution in [3.63, 3.8) is 0 Å². The minimum Gasteiger partial charge on any atom is -0.480 e. The molecule has 110 valence electrons. The number of nitrogens with zero attached hydrogens (tertiary/aromatic N) is 2. The Balaban J connectivity index is 1.78. The molecule has 1 aromatic carbocycles. The molecule has 21 heavy (non-hydrogen) atoms. The first-order valence-electron chi connectivity index (χ1n) is 6.64. The molecular weight excluding hydrogens is 274 g/mol. The van der Waals surface area contributed by atoms with Crippen molar-refractivity contribution in [3.8, 4) is 0 Å². The summed E-state index contributed by atoms with van der Waals surface area (Å²) in [5.41, 5.74) is 4.37. The van der Waals surface area contributed by atoms with Crippen molar-refractivity contribution in [2.24, 2.45) is 0 Å². The molecule has 2 heterocycles. The molecule has 0 spiro atoms. The van der Waals surface area contributed by atoms with E-state index in [9.17, 15) is 14.7 Å². The first-order chi connectivity index (χ1) is 10.2. The third-order valence-electron chi connectivity index (χ3n) is 3.65. The molecule has 2 N–H and O–H groups in total. The summed E-state index contributed by atoms with van der Waals surface area (Å²) >= 11 is 0. The van der Waals surface area contributed by atoms with Crippen LogP contribution >= 0.6 is 0 Å². The predicted molar refractivity (Wildman–Crippen MR) is 73.7 cm³/mol. The molecule has 7 nitrogen and oxygen atoms in total. The predicted octanol–water partition coefficient (Wildman–Crippen LogP) is 0.642. The fourth-order valence-corrected chi connectivity index (χ4v) is 2.63. The van der Waals surface area contributed by atoms with Gasteiger partial charge in [-0.15, -0.1) is 0 Å². The van der Waals surface area contributed by atoms with Crippen LogP contribution in [0.25, 0.3) is 0 Å². The van der Waals surface area contributed by atoms with Gasteiger partial charge in [0.25, 0.3) is 0 Å². The number of carboxylic acid groups (broad SMARTS) is 1. The number of carbonyl (C=O) groups excluding carboxylic acids is 1. The monoisotopic (exact) mass is 289 g/mol. The third-order valence-corrected chi connectivity index (χ3v) is 3.65. The number of hydrogen-bond donors (Lipinski definition) is 2. The second-order valence-corrected chi connectivity index (χ2v) is 4.89. The van der Waals surface area contributed by atoms with Crippen molar-refractivity contribution < 1.29 is 19.5 Å². The second kappa shape index (κ2) is 5.45. The second-order valence-electron chi connectivity index (χ2n) is 4.89. The van der Waals surface area contributed by atoms with Crippen LogP contribution in [-0.2, 0) is 20.8 Å². The largest absolute Gasteiger partial charge is 0.480 e. The molecule has 0 fully saturated rings. The Morgan fingerprint density at radius 1 is 1.38 bits per heavy atom. The fourth-order valence-electron chi connectivity index (χ4n) is 2.63. The molecule has 0 saturated heterocycles. The Kier molecular flexibility index (Phi) is 3.49. The fraction of sp³-hybridized carbons (Fsp3) is 0.286. The van der Waals surface area contributed by atoms with Gasteiger partial charge in [-0.05, 0) is 18.1 Å². The molecular formula is C14H15N3O4. The van der Waals surface area contributed by atoms with Crippen LogP contribution in [0.5, 0.6) is 0 Å². The van der Waals surface area contributed by atoms with E-state index in [-0.39, 0.29) is 12.3 Å². The molecule has 1 aromatic rings. The molecule has 0 bridgehead atoms. The van der Waals surface area contributed by atoms with Crippen LogP contribution in [0.4, 0.5) is 5.69 Å². The molecule has 2 aliphatic heterocycles. The Morgan fingerprint density at radius 2 is 2.19 bits per heavy atom. The third kappa shape index (κ3) is 2.55. The Labute approximate surface area is 121 Å². The lowest BCUT2D eigenvalue weighted by atomic mass is 10.1. The van der Waals surface area contributed by atoms with Gasteiger partial charge in [0.1, 0.15) is 12.3 Å². The van der Waals surface area contributed by atoms with Crippen molar-refractivity contribution in [1.29, 1.82) is 0 Å². The van der Waals surface area contributed by atoms with Gasteiger partial charge < -0.3 is 14.8 Å². The molecule has 3 rings (SSSR count). The number of nitrogens with one attached hydrogen (secondary N) is 1. The van der Waals surface area contributed by atoms with Gasteiger partial charge >= 0.3 is 5.97 Å². The van der Waals surface area contributed by atoms with Gasteiger partial charge in [0, 0.05) is 12.2 Å². The molecule has 0 radical (unpaired) electrons. The summed E-state index contributed by atoms with van der Waals surface area (Å²) in [7, 11) is 0. The molecule has 0 aromatic heterocycles. The quantitative estimate of drug-likeness (QED) is 0.846. The number of fused-ring (bicyclic) bond motifs is 1. The lowest BCUT2D eigenvalue weighted by molar-refractivity contribution is -0.144. The zero-order valence-electron chi connectivity index (χ0n) is 11.2. The molecule has 2 aliphatic rings. The van der Waals surface area contributed by atoms with E-state index in [1.165, 1.54) is 12.5 Å². The minimum absolute atomic E-state index is 0.135. The van der Waals surface area contributed by atoms with Crippen molar-refractivity contribution in [2.75, 3.05) is 11.4 Å². The van der Waals surface area contributed by atoms with E-state index >= 15 is 0 Å². The number of carbonyl (C=O) groups is 2. The van der Waals surface area contributed by atoms with Crippen LogP contribution in [-0.4, -0.2) is 34.6 Å². The van der Waals surface area contributed by atoms with E-state index in [4.69, 9.17) is 4.84 Å². The van der Waals surface area contributed by atoms with Crippen molar-refractivity contribution in [1.82, 2.24) is 10.6 Å². The number of hydrogen-bond acceptors (Lipinski definition) is 5. The molecule has 0 saturated carbocycles. The molecule has 1 unspecified atom stereocenters. The highest BCUT2D eigenvalue weighted by Crippen LogP contribution is 2.30. The minimum atomic E-state index is -1.01. The average molecular weight is 289 g/mol. The van der Waals surface area contributed by atoms with Crippen molar-refractivity contribution in [2.45, 2.75) is 18.9 Å². The van der Waals surface area contributed by atoms with Crippen LogP contribution in [0, 0.1) is 0 Å². The standard InChI is InChI=1S/C14H15N3O4/c18-13(17-7-8-21-15-17)9-12(14(19)20)16-6-5-10-3-1-2-4-11(10)16/h1-4,7-8,12,15H,5-6,9H2,(H,19,20). The van der Waals surface area contributed by atoms with E-state index in [1.807, 2.05) is 24.3 Å². The molecule has 7 heteroatoms. The number of carboxylic acids is 1. The van der Waals surface area contributed by atoms with Gasteiger partial charge in [0.05, 0.1) is 12.6 Å². The summed E-state index contributed by atoms with van der Waals surface area (Å²) in [6.07, 6.45) is 3.39. The van der Waals surface area contributed by atoms with Gasteiger partial charge in [0.2, 0.25) is 5.91 Å². The number of benzene rings is 1. The normalized spacial score (nSPS) is 17.5. The number of aliphatic carboxylic acids is 1. The maximum atomic E-state index is 12.1. The molecule has 1 atom stereocenters. The van der Waals surface area contributed by atoms with E-state index in [1.54, 1.807) is 4.90 Å². The number of hydrazine groups is 1. The Morgan fingerprint density at radius 3 is 2.90 bits per heavy atom. The number of rotatable bonds is 4. The van der Waals surface area contributed by atoms with Crippen LogP contribution < -0.4 is 10.5 Å². The number of para-hydroxylation sites is 1. The van der Waals surface area contributed by atoms with Gasteiger partial charge in [0.15, 0.2) is 0 Å². The molecule has 1 amide bonds. The lowest BCUT2D eigenvalue weighted by Crippen LogP contribution is -2.45. The van der Waals surface area contributed by atoms with Crippen molar-refractivity contribution >= 4 is 17.6 Å². The summed E-state index contributed by atoms with van der Waals surface area (Å²) in [5, 5.41) is 10.6. The van der Waals surface area contributed by atoms with E-state index in [2.05, 4.69) is 5.59 Å². The summed E-state index contributed by atoms with van der Waals surface area (Å²) in [6.45, 7) is 0.601. The Bertz CT molecular complexity index is 602.